The molecule has 27 heavy (non-hydrogen) atoms. The van der Waals surface area contributed by atoms with Crippen LogP contribution in [0.1, 0.15) is 31.1 Å². The molecule has 9 heteroatoms. The zero-order valence-electron chi connectivity index (χ0n) is 15.3. The van der Waals surface area contributed by atoms with Gasteiger partial charge in [0, 0.05) is 30.4 Å². The number of morpholine rings is 1. The number of anilines is 2. The Morgan fingerprint density at radius 1 is 1.30 bits per heavy atom. The van der Waals surface area contributed by atoms with Crippen LogP contribution in [0.5, 0.6) is 0 Å². The SMILES string of the molecule is C[C@@H]1CN(c2c(C=O)cc3c(N4C(=O)SC[C@H]4C)noc3c2F)C[C@@H](C)O1. The zero-order chi connectivity index (χ0) is 19.3. The first-order valence-corrected chi connectivity index (χ1v) is 9.82. The molecule has 1 aromatic heterocycles. The van der Waals surface area contributed by atoms with Crippen molar-refractivity contribution in [3.8, 4) is 0 Å². The van der Waals surface area contributed by atoms with Gasteiger partial charge < -0.3 is 14.2 Å². The third-order valence-corrected chi connectivity index (χ3v) is 5.96. The Morgan fingerprint density at radius 2 is 2.00 bits per heavy atom. The number of nitrogens with zero attached hydrogens (tertiary/aromatic N) is 3. The van der Waals surface area contributed by atoms with Gasteiger partial charge >= 0.3 is 0 Å². The molecule has 2 fully saturated rings. The second-order valence-corrected chi connectivity index (χ2v) is 8.06. The maximum atomic E-state index is 15.4. The van der Waals surface area contributed by atoms with Crippen molar-refractivity contribution >= 4 is 45.8 Å². The molecule has 0 aliphatic carbocycles. The maximum absolute atomic E-state index is 15.4. The molecule has 3 heterocycles. The third-order valence-electron chi connectivity index (χ3n) is 4.87. The van der Waals surface area contributed by atoms with Crippen molar-refractivity contribution in [2.45, 2.75) is 39.0 Å². The largest absolute Gasteiger partial charge is 0.372 e. The molecule has 144 valence electrons. The van der Waals surface area contributed by atoms with E-state index in [0.29, 0.717) is 30.5 Å². The predicted octanol–water partition coefficient (Wildman–Crippen LogP) is 3.45. The minimum Gasteiger partial charge on any atom is -0.372 e. The van der Waals surface area contributed by atoms with Crippen LogP contribution in [0.15, 0.2) is 10.6 Å². The topological polar surface area (TPSA) is 75.9 Å². The minimum atomic E-state index is -0.637. The van der Waals surface area contributed by atoms with Crippen LogP contribution in [0, 0.1) is 5.82 Å². The number of amides is 1. The van der Waals surface area contributed by atoms with Crippen LogP contribution in [0.4, 0.5) is 20.7 Å². The fraction of sp³-hybridized carbons (Fsp3) is 0.500. The molecule has 0 bridgehead atoms. The van der Waals surface area contributed by atoms with Crippen molar-refractivity contribution in [3.05, 3.63) is 17.4 Å². The summed E-state index contributed by atoms with van der Waals surface area (Å²) < 4.78 is 26.3. The number of hydrogen-bond acceptors (Lipinski definition) is 7. The standard InChI is InChI=1S/C18H20FN3O4S/c1-9-8-27-18(24)22(9)17-13-4-12(7-23)15(14(19)16(13)26-20-17)21-5-10(2)25-11(3)6-21/h4,7,9-11H,5-6,8H2,1-3H3/t9-,10-,11-/m1/s1. The number of aldehydes is 1. The van der Waals surface area contributed by atoms with Gasteiger partial charge in [-0.25, -0.2) is 4.39 Å². The van der Waals surface area contributed by atoms with Crippen LogP contribution >= 0.6 is 11.8 Å². The molecule has 1 amide bonds. The average Bonchev–Trinajstić information content (AvgIpc) is 3.16. The van der Waals surface area contributed by atoms with E-state index in [-0.39, 0.29) is 46.1 Å². The summed E-state index contributed by atoms with van der Waals surface area (Å²) in [6.07, 6.45) is 0.450. The summed E-state index contributed by atoms with van der Waals surface area (Å²) in [5.41, 5.74) is 0.351. The molecule has 0 unspecified atom stereocenters. The molecule has 4 rings (SSSR count). The van der Waals surface area contributed by atoms with E-state index in [2.05, 4.69) is 5.16 Å². The molecule has 0 saturated carbocycles. The van der Waals surface area contributed by atoms with Crippen molar-refractivity contribution in [1.29, 1.82) is 0 Å². The first-order chi connectivity index (χ1) is 12.9. The second-order valence-electron chi connectivity index (χ2n) is 7.09. The summed E-state index contributed by atoms with van der Waals surface area (Å²) in [6.45, 7) is 6.63. The van der Waals surface area contributed by atoms with E-state index in [1.165, 1.54) is 16.7 Å². The number of thioether (sulfide) groups is 1. The molecule has 2 saturated heterocycles. The van der Waals surface area contributed by atoms with Gasteiger partial charge in [0.15, 0.2) is 17.9 Å². The Morgan fingerprint density at radius 3 is 2.59 bits per heavy atom. The van der Waals surface area contributed by atoms with Crippen molar-refractivity contribution in [2.75, 3.05) is 28.6 Å². The van der Waals surface area contributed by atoms with Gasteiger partial charge in [0.25, 0.3) is 5.24 Å². The van der Waals surface area contributed by atoms with E-state index in [9.17, 15) is 9.59 Å². The molecule has 7 nitrogen and oxygen atoms in total. The Balaban J connectivity index is 1.84. The lowest BCUT2D eigenvalue weighted by atomic mass is 10.1. The van der Waals surface area contributed by atoms with Crippen LogP contribution in [0.25, 0.3) is 11.0 Å². The summed E-state index contributed by atoms with van der Waals surface area (Å²) in [5.74, 6) is 0.240. The predicted molar refractivity (Wildman–Crippen MR) is 101 cm³/mol. The fourth-order valence-corrected chi connectivity index (χ4v) is 4.73. The lowest BCUT2D eigenvalue weighted by Gasteiger charge is -2.37. The Kier molecular flexibility index (Phi) is 4.59. The highest BCUT2D eigenvalue weighted by molar-refractivity contribution is 8.14. The van der Waals surface area contributed by atoms with E-state index < -0.39 is 5.82 Å². The van der Waals surface area contributed by atoms with E-state index in [0.717, 1.165) is 0 Å². The van der Waals surface area contributed by atoms with E-state index >= 15 is 4.39 Å². The minimum absolute atomic E-state index is 0.0469. The van der Waals surface area contributed by atoms with Gasteiger partial charge in [0.2, 0.25) is 5.58 Å². The molecule has 0 N–H and O–H groups in total. The normalized spacial score (nSPS) is 26.2. The molecule has 0 radical (unpaired) electrons. The highest BCUT2D eigenvalue weighted by atomic mass is 32.2. The van der Waals surface area contributed by atoms with Gasteiger partial charge in [-0.1, -0.05) is 16.9 Å². The number of ether oxygens (including phenoxy) is 1. The maximum Gasteiger partial charge on any atom is 0.287 e. The van der Waals surface area contributed by atoms with Crippen LogP contribution in [0.3, 0.4) is 0 Å². The summed E-state index contributed by atoms with van der Waals surface area (Å²) >= 11 is 1.18. The van der Waals surface area contributed by atoms with Gasteiger partial charge in [-0.05, 0) is 26.8 Å². The number of rotatable bonds is 3. The van der Waals surface area contributed by atoms with Gasteiger partial charge in [-0.15, -0.1) is 0 Å². The van der Waals surface area contributed by atoms with Crippen LogP contribution in [0.2, 0.25) is 0 Å². The van der Waals surface area contributed by atoms with Gasteiger partial charge in [0.1, 0.15) is 0 Å². The Hall–Kier alpha value is -2.13. The number of aromatic nitrogens is 1. The number of carbonyl (C=O) groups is 2. The lowest BCUT2D eigenvalue weighted by molar-refractivity contribution is -0.00543. The molecule has 2 aliphatic rings. The van der Waals surface area contributed by atoms with Gasteiger partial charge in [-0.3, -0.25) is 14.5 Å². The Labute approximate surface area is 159 Å². The lowest BCUT2D eigenvalue weighted by Crippen LogP contribution is -2.46. The van der Waals surface area contributed by atoms with Crippen molar-refractivity contribution in [1.82, 2.24) is 5.16 Å². The molecule has 2 aromatic rings. The highest BCUT2D eigenvalue weighted by Gasteiger charge is 2.35. The molecular formula is C18H20FN3O4S. The van der Waals surface area contributed by atoms with Crippen molar-refractivity contribution in [2.24, 2.45) is 0 Å². The summed E-state index contributed by atoms with van der Waals surface area (Å²) in [7, 11) is 0. The highest BCUT2D eigenvalue weighted by Crippen LogP contribution is 2.39. The number of benzene rings is 1. The quantitative estimate of drug-likeness (QED) is 0.739. The number of carbonyl (C=O) groups excluding carboxylic acids is 2. The second kappa shape index (κ2) is 6.79. The van der Waals surface area contributed by atoms with E-state index in [1.807, 2.05) is 20.8 Å². The molecule has 3 atom stereocenters. The van der Waals surface area contributed by atoms with Crippen LogP contribution in [-0.4, -0.2) is 53.8 Å². The van der Waals surface area contributed by atoms with Gasteiger partial charge in [-0.2, -0.15) is 0 Å². The average molecular weight is 393 g/mol. The number of hydrogen-bond donors (Lipinski definition) is 0. The summed E-state index contributed by atoms with van der Waals surface area (Å²) in [5, 5.41) is 4.12. The van der Waals surface area contributed by atoms with Crippen molar-refractivity contribution < 1.29 is 23.2 Å². The number of halogens is 1. The van der Waals surface area contributed by atoms with E-state index in [4.69, 9.17) is 9.26 Å². The molecule has 2 aliphatic heterocycles. The smallest absolute Gasteiger partial charge is 0.287 e. The first kappa shape index (κ1) is 18.2. The molecule has 0 spiro atoms. The summed E-state index contributed by atoms with van der Waals surface area (Å²) in [4.78, 5) is 27.2. The fourth-order valence-electron chi connectivity index (χ4n) is 3.79. The Bertz CT molecular complexity index is 908. The van der Waals surface area contributed by atoms with Crippen LogP contribution < -0.4 is 9.80 Å². The van der Waals surface area contributed by atoms with E-state index in [1.54, 1.807) is 11.0 Å². The van der Waals surface area contributed by atoms with Gasteiger partial charge in [0.05, 0.1) is 23.3 Å². The van der Waals surface area contributed by atoms with Crippen molar-refractivity contribution in [3.63, 3.8) is 0 Å². The molecular weight excluding hydrogens is 373 g/mol. The number of fused-ring (bicyclic) bond motifs is 1. The summed E-state index contributed by atoms with van der Waals surface area (Å²) in [6, 6.07) is 1.47. The monoisotopic (exact) mass is 393 g/mol. The zero-order valence-corrected chi connectivity index (χ0v) is 16.1. The molecule has 1 aromatic carbocycles. The third kappa shape index (κ3) is 2.98. The first-order valence-electron chi connectivity index (χ1n) is 8.84. The van der Waals surface area contributed by atoms with Crippen LogP contribution in [-0.2, 0) is 4.74 Å².